The van der Waals surface area contributed by atoms with E-state index >= 15 is 0 Å². The second-order valence-corrected chi connectivity index (χ2v) is 7.60. The van der Waals surface area contributed by atoms with Gasteiger partial charge in [-0.2, -0.15) is 0 Å². The van der Waals surface area contributed by atoms with E-state index in [1.165, 1.54) is 18.0 Å². The van der Waals surface area contributed by atoms with Crippen molar-refractivity contribution < 1.29 is 14.0 Å². The van der Waals surface area contributed by atoms with Crippen LogP contribution in [-0.4, -0.2) is 17.6 Å². The number of thioether (sulfide) groups is 1. The van der Waals surface area contributed by atoms with E-state index in [4.69, 9.17) is 4.42 Å². The minimum absolute atomic E-state index is 0.0822. The van der Waals surface area contributed by atoms with Gasteiger partial charge >= 0.3 is 0 Å². The molecule has 3 aromatic rings. The normalized spacial score (nSPS) is 10.3. The fraction of sp³-hybridized carbons (Fsp3) is 0.0526. The van der Waals surface area contributed by atoms with E-state index in [0.717, 1.165) is 14.2 Å². The van der Waals surface area contributed by atoms with E-state index in [2.05, 4.69) is 33.2 Å². The molecule has 26 heavy (non-hydrogen) atoms. The zero-order chi connectivity index (χ0) is 18.4. The van der Waals surface area contributed by atoms with E-state index in [1.54, 1.807) is 18.2 Å². The van der Waals surface area contributed by atoms with Gasteiger partial charge in [-0.3, -0.25) is 9.59 Å². The lowest BCUT2D eigenvalue weighted by Crippen LogP contribution is -2.14. The molecule has 0 radical (unpaired) electrons. The fourth-order valence-electron chi connectivity index (χ4n) is 2.14. The molecule has 0 spiro atoms. The van der Waals surface area contributed by atoms with Crippen molar-refractivity contribution >= 4 is 57.5 Å². The Morgan fingerprint density at radius 1 is 0.962 bits per heavy atom. The molecule has 0 aliphatic carbocycles. The highest BCUT2D eigenvalue weighted by Gasteiger charge is 2.09. The van der Waals surface area contributed by atoms with Crippen molar-refractivity contribution in [3.05, 3.63) is 76.3 Å². The van der Waals surface area contributed by atoms with Crippen molar-refractivity contribution in [2.24, 2.45) is 0 Å². The van der Waals surface area contributed by atoms with Crippen LogP contribution >= 0.6 is 34.4 Å². The number of nitrogens with one attached hydrogen (secondary N) is 2. The Bertz CT molecular complexity index is 895. The number of furan rings is 1. The molecule has 3 rings (SSSR count). The highest BCUT2D eigenvalue weighted by molar-refractivity contribution is 14.1. The summed E-state index contributed by atoms with van der Waals surface area (Å²) in [5.41, 5.74) is 1.42. The van der Waals surface area contributed by atoms with Gasteiger partial charge in [-0.15, -0.1) is 11.8 Å². The molecular formula is C19H15IN2O3S. The molecule has 7 heteroatoms. The summed E-state index contributed by atoms with van der Waals surface area (Å²) in [6, 6.07) is 18.2. The molecule has 1 aromatic heterocycles. The minimum Gasteiger partial charge on any atom is -0.459 e. The Kier molecular flexibility index (Phi) is 6.35. The molecular weight excluding hydrogens is 463 g/mol. The second-order valence-electron chi connectivity index (χ2n) is 5.30. The number of amides is 2. The predicted octanol–water partition coefficient (Wildman–Crippen LogP) is 4.87. The molecule has 2 N–H and O–H groups in total. The number of carbonyl (C=O) groups excluding carboxylic acids is 2. The van der Waals surface area contributed by atoms with Crippen molar-refractivity contribution in [3.8, 4) is 0 Å². The van der Waals surface area contributed by atoms with Gasteiger partial charge in [-0.1, -0.05) is 6.07 Å². The Morgan fingerprint density at radius 3 is 2.50 bits per heavy atom. The third kappa shape index (κ3) is 5.37. The van der Waals surface area contributed by atoms with Gasteiger partial charge in [-0.05, 0) is 77.2 Å². The van der Waals surface area contributed by atoms with Crippen LogP contribution in [0.1, 0.15) is 10.6 Å². The monoisotopic (exact) mass is 478 g/mol. The van der Waals surface area contributed by atoms with Crippen LogP contribution < -0.4 is 10.6 Å². The predicted molar refractivity (Wildman–Crippen MR) is 112 cm³/mol. The van der Waals surface area contributed by atoms with Gasteiger partial charge in [0.1, 0.15) is 0 Å². The van der Waals surface area contributed by atoms with E-state index in [1.807, 2.05) is 42.5 Å². The average molecular weight is 478 g/mol. The number of halogens is 1. The van der Waals surface area contributed by atoms with Crippen molar-refractivity contribution in [2.45, 2.75) is 4.90 Å². The van der Waals surface area contributed by atoms with Crippen LogP contribution in [0.4, 0.5) is 11.4 Å². The lowest BCUT2D eigenvalue weighted by Gasteiger charge is -2.07. The van der Waals surface area contributed by atoms with E-state index < -0.39 is 0 Å². The number of anilines is 2. The molecule has 0 saturated carbocycles. The van der Waals surface area contributed by atoms with Gasteiger partial charge < -0.3 is 15.1 Å². The first-order valence-electron chi connectivity index (χ1n) is 7.73. The summed E-state index contributed by atoms with van der Waals surface area (Å²) < 4.78 is 6.18. The molecule has 2 amide bonds. The Hall–Kier alpha value is -2.26. The number of benzene rings is 2. The first-order valence-corrected chi connectivity index (χ1v) is 9.80. The summed E-state index contributed by atoms with van der Waals surface area (Å²) in [5, 5.41) is 5.63. The lowest BCUT2D eigenvalue weighted by atomic mass is 10.3. The molecule has 132 valence electrons. The fourth-order valence-corrected chi connectivity index (χ4v) is 3.26. The zero-order valence-corrected chi connectivity index (χ0v) is 16.5. The number of carbonyl (C=O) groups is 2. The minimum atomic E-state index is -0.311. The van der Waals surface area contributed by atoms with E-state index in [0.29, 0.717) is 5.69 Å². The first kappa shape index (κ1) is 18.5. The quantitative estimate of drug-likeness (QED) is 0.392. The van der Waals surface area contributed by atoms with Crippen LogP contribution in [0.15, 0.2) is 76.2 Å². The van der Waals surface area contributed by atoms with Crippen LogP contribution in [0.5, 0.6) is 0 Å². The topological polar surface area (TPSA) is 71.3 Å². The van der Waals surface area contributed by atoms with Crippen LogP contribution in [0.25, 0.3) is 0 Å². The smallest absolute Gasteiger partial charge is 0.291 e. The number of hydrogen-bond donors (Lipinski definition) is 2. The largest absolute Gasteiger partial charge is 0.459 e. The van der Waals surface area contributed by atoms with Gasteiger partial charge in [0, 0.05) is 19.8 Å². The Labute approximate surface area is 168 Å². The van der Waals surface area contributed by atoms with Crippen molar-refractivity contribution in [1.82, 2.24) is 0 Å². The third-order valence-corrected chi connectivity index (χ3v) is 5.05. The van der Waals surface area contributed by atoms with Crippen LogP contribution in [0.2, 0.25) is 0 Å². The molecule has 0 bridgehead atoms. The summed E-state index contributed by atoms with van der Waals surface area (Å²) >= 11 is 3.62. The van der Waals surface area contributed by atoms with Crippen LogP contribution in [0.3, 0.4) is 0 Å². The van der Waals surface area contributed by atoms with Crippen molar-refractivity contribution in [2.75, 3.05) is 16.4 Å². The maximum Gasteiger partial charge on any atom is 0.291 e. The second kappa shape index (κ2) is 8.91. The molecule has 0 saturated heterocycles. The maximum absolute atomic E-state index is 12.1. The summed E-state index contributed by atoms with van der Waals surface area (Å²) in [5.74, 6) is 0.136. The van der Waals surface area contributed by atoms with Gasteiger partial charge in [0.25, 0.3) is 5.91 Å². The Balaban J connectivity index is 1.54. The first-order chi connectivity index (χ1) is 12.6. The van der Waals surface area contributed by atoms with Crippen LogP contribution in [0, 0.1) is 3.57 Å². The SMILES string of the molecule is O=C(CSc1cccc(NC(=O)c2ccco2)c1)Nc1ccc(I)cc1. The molecule has 0 aliphatic heterocycles. The molecule has 2 aromatic carbocycles. The van der Waals surface area contributed by atoms with Crippen LogP contribution in [-0.2, 0) is 4.79 Å². The molecule has 5 nitrogen and oxygen atoms in total. The summed E-state index contributed by atoms with van der Waals surface area (Å²) in [7, 11) is 0. The summed E-state index contributed by atoms with van der Waals surface area (Å²) in [6.07, 6.45) is 1.45. The van der Waals surface area contributed by atoms with Gasteiger partial charge in [-0.25, -0.2) is 0 Å². The molecule has 0 fully saturated rings. The van der Waals surface area contributed by atoms with Crippen molar-refractivity contribution in [1.29, 1.82) is 0 Å². The summed E-state index contributed by atoms with van der Waals surface area (Å²) in [4.78, 5) is 25.0. The van der Waals surface area contributed by atoms with Gasteiger partial charge in [0.15, 0.2) is 5.76 Å². The standard InChI is InChI=1S/C19H15IN2O3S/c20-13-6-8-14(9-7-13)21-18(23)12-26-16-4-1-3-15(11-16)22-19(24)17-5-2-10-25-17/h1-11H,12H2,(H,21,23)(H,22,24). The molecule has 0 atom stereocenters. The third-order valence-electron chi connectivity index (χ3n) is 3.33. The molecule has 0 unspecified atom stereocenters. The number of rotatable bonds is 6. The lowest BCUT2D eigenvalue weighted by molar-refractivity contribution is -0.113. The summed E-state index contributed by atoms with van der Waals surface area (Å²) in [6.45, 7) is 0. The Morgan fingerprint density at radius 2 is 1.77 bits per heavy atom. The van der Waals surface area contributed by atoms with Gasteiger partial charge in [0.05, 0.1) is 12.0 Å². The zero-order valence-electron chi connectivity index (χ0n) is 13.6. The van der Waals surface area contributed by atoms with Gasteiger partial charge in [0.2, 0.25) is 5.91 Å². The highest BCUT2D eigenvalue weighted by Crippen LogP contribution is 2.22. The molecule has 0 aliphatic rings. The average Bonchev–Trinajstić information content (AvgIpc) is 3.17. The molecule has 1 heterocycles. The maximum atomic E-state index is 12.1. The van der Waals surface area contributed by atoms with E-state index in [-0.39, 0.29) is 23.3 Å². The van der Waals surface area contributed by atoms with Crippen molar-refractivity contribution in [3.63, 3.8) is 0 Å². The number of hydrogen-bond acceptors (Lipinski definition) is 4. The highest BCUT2D eigenvalue weighted by atomic mass is 127. The van der Waals surface area contributed by atoms with E-state index in [9.17, 15) is 9.59 Å².